The van der Waals surface area contributed by atoms with Gasteiger partial charge in [0, 0.05) is 5.56 Å². The molecule has 0 N–H and O–H groups in total. The first-order chi connectivity index (χ1) is 7.33. The average molecular weight is 218 g/mol. The van der Waals surface area contributed by atoms with Crippen LogP contribution in [0, 0.1) is 0 Å². The van der Waals surface area contributed by atoms with Crippen LogP contribution in [0.3, 0.4) is 0 Å². The lowest BCUT2D eigenvalue weighted by Gasteiger charge is -1.96. The van der Waals surface area contributed by atoms with Crippen molar-refractivity contribution in [2.24, 2.45) is 0 Å². The van der Waals surface area contributed by atoms with E-state index in [9.17, 15) is 9.59 Å². The molecule has 0 bridgehead atoms. The highest BCUT2D eigenvalue weighted by Crippen LogP contribution is 2.14. The molecule has 0 amide bonds. The molecule has 0 spiro atoms. The first-order valence-corrected chi connectivity index (χ1v) is 4.97. The number of benzene rings is 1. The van der Waals surface area contributed by atoms with Gasteiger partial charge in [0.2, 0.25) is 5.78 Å². The Kier molecular flexibility index (Phi) is 2.64. The van der Waals surface area contributed by atoms with Gasteiger partial charge in [0.05, 0.1) is 0 Å². The molecule has 0 aliphatic heterocycles. The van der Waals surface area contributed by atoms with Crippen molar-refractivity contribution in [1.29, 1.82) is 0 Å². The molecule has 1 aromatic heterocycles. The summed E-state index contributed by atoms with van der Waals surface area (Å²) in [4.78, 5) is 22.7. The van der Waals surface area contributed by atoms with Gasteiger partial charge in [-0.1, -0.05) is 34.8 Å². The fourth-order valence-corrected chi connectivity index (χ4v) is 1.75. The molecule has 1 heterocycles. The Bertz CT molecular complexity index is 493. The standard InChI is InChI=1S/C10H6N2O2S/c13-6-8-10(15-12-11-8)9(14)7-4-2-1-3-5-7/h1-6H. The van der Waals surface area contributed by atoms with Gasteiger partial charge < -0.3 is 0 Å². The van der Waals surface area contributed by atoms with Crippen LogP contribution in [0.5, 0.6) is 0 Å². The summed E-state index contributed by atoms with van der Waals surface area (Å²) in [6, 6.07) is 8.74. The third-order valence-electron chi connectivity index (χ3n) is 1.87. The number of ketones is 1. The Morgan fingerprint density at radius 2 is 2.00 bits per heavy atom. The molecule has 0 unspecified atom stereocenters. The van der Waals surface area contributed by atoms with Gasteiger partial charge in [-0.2, -0.15) is 0 Å². The van der Waals surface area contributed by atoms with E-state index in [-0.39, 0.29) is 16.4 Å². The van der Waals surface area contributed by atoms with Crippen LogP contribution >= 0.6 is 11.5 Å². The van der Waals surface area contributed by atoms with Crippen molar-refractivity contribution in [3.05, 3.63) is 46.5 Å². The van der Waals surface area contributed by atoms with Crippen molar-refractivity contribution in [2.45, 2.75) is 0 Å². The third kappa shape index (κ3) is 1.82. The van der Waals surface area contributed by atoms with Crippen molar-refractivity contribution in [3.63, 3.8) is 0 Å². The molecule has 0 aliphatic rings. The number of carbonyl (C=O) groups is 2. The quantitative estimate of drug-likeness (QED) is 0.579. The molecule has 15 heavy (non-hydrogen) atoms. The van der Waals surface area contributed by atoms with Crippen LogP contribution in [0.25, 0.3) is 0 Å². The molecule has 5 heteroatoms. The maximum absolute atomic E-state index is 11.9. The monoisotopic (exact) mass is 218 g/mol. The average Bonchev–Trinajstić information content (AvgIpc) is 2.77. The number of aromatic nitrogens is 2. The highest BCUT2D eigenvalue weighted by molar-refractivity contribution is 7.08. The van der Waals surface area contributed by atoms with E-state index in [0.29, 0.717) is 11.8 Å². The number of hydrogen-bond acceptors (Lipinski definition) is 5. The van der Waals surface area contributed by atoms with Crippen LogP contribution in [0.4, 0.5) is 0 Å². The van der Waals surface area contributed by atoms with Crippen molar-refractivity contribution < 1.29 is 9.59 Å². The second kappa shape index (κ2) is 4.10. The smallest absolute Gasteiger partial charge is 0.206 e. The summed E-state index contributed by atoms with van der Waals surface area (Å²) < 4.78 is 3.58. The number of aldehydes is 1. The first-order valence-electron chi connectivity index (χ1n) is 4.20. The fourth-order valence-electron chi connectivity index (χ4n) is 1.15. The summed E-state index contributed by atoms with van der Waals surface area (Å²) in [7, 11) is 0. The molecule has 0 atom stereocenters. The highest BCUT2D eigenvalue weighted by atomic mass is 32.1. The molecule has 0 saturated heterocycles. The number of hydrogen-bond donors (Lipinski definition) is 0. The van der Waals surface area contributed by atoms with Crippen LogP contribution in [-0.4, -0.2) is 21.7 Å². The second-order valence-electron chi connectivity index (χ2n) is 2.80. The lowest BCUT2D eigenvalue weighted by molar-refractivity contribution is 0.103. The van der Waals surface area contributed by atoms with E-state index in [4.69, 9.17) is 0 Å². The van der Waals surface area contributed by atoms with Crippen molar-refractivity contribution in [1.82, 2.24) is 9.59 Å². The molecule has 0 saturated carbocycles. The minimum Gasteiger partial charge on any atom is -0.296 e. The first kappa shape index (κ1) is 9.67. The largest absolute Gasteiger partial charge is 0.296 e. The lowest BCUT2D eigenvalue weighted by atomic mass is 10.1. The Morgan fingerprint density at radius 1 is 1.27 bits per heavy atom. The van der Waals surface area contributed by atoms with Gasteiger partial charge in [-0.3, -0.25) is 9.59 Å². The van der Waals surface area contributed by atoms with E-state index in [2.05, 4.69) is 9.59 Å². The Hall–Kier alpha value is -1.88. The van der Waals surface area contributed by atoms with Crippen molar-refractivity contribution in [3.8, 4) is 0 Å². The van der Waals surface area contributed by atoms with Gasteiger partial charge in [0.15, 0.2) is 6.29 Å². The Morgan fingerprint density at radius 3 is 2.67 bits per heavy atom. The number of nitrogens with zero attached hydrogens (tertiary/aromatic N) is 2. The molecule has 0 fully saturated rings. The Labute approximate surface area is 89.7 Å². The fraction of sp³-hybridized carbons (Fsp3) is 0. The van der Waals surface area contributed by atoms with Crippen LogP contribution in [0.15, 0.2) is 30.3 Å². The van der Waals surface area contributed by atoms with Gasteiger partial charge in [0.1, 0.15) is 10.6 Å². The van der Waals surface area contributed by atoms with E-state index in [1.807, 2.05) is 6.07 Å². The minimum atomic E-state index is -0.215. The molecule has 1 aromatic carbocycles. The van der Waals surface area contributed by atoms with Gasteiger partial charge >= 0.3 is 0 Å². The van der Waals surface area contributed by atoms with Gasteiger partial charge in [-0.15, -0.1) is 5.10 Å². The Balaban J connectivity index is 2.41. The van der Waals surface area contributed by atoms with Crippen molar-refractivity contribution in [2.75, 3.05) is 0 Å². The van der Waals surface area contributed by atoms with E-state index in [1.54, 1.807) is 24.3 Å². The summed E-state index contributed by atoms with van der Waals surface area (Å²) in [6.07, 6.45) is 0.541. The summed E-state index contributed by atoms with van der Waals surface area (Å²) in [5.41, 5.74) is 0.639. The topological polar surface area (TPSA) is 59.9 Å². The molecule has 2 aromatic rings. The summed E-state index contributed by atoms with van der Waals surface area (Å²) in [5.74, 6) is -0.215. The molecule has 4 nitrogen and oxygen atoms in total. The predicted octanol–water partition coefficient (Wildman–Crippen LogP) is 1.58. The molecular formula is C10H6N2O2S. The van der Waals surface area contributed by atoms with Crippen LogP contribution in [0.2, 0.25) is 0 Å². The second-order valence-corrected chi connectivity index (χ2v) is 3.55. The zero-order valence-electron chi connectivity index (χ0n) is 7.58. The molecule has 0 radical (unpaired) electrons. The van der Waals surface area contributed by atoms with E-state index in [0.717, 1.165) is 11.5 Å². The predicted molar refractivity (Wildman–Crippen MR) is 55.2 cm³/mol. The normalized spacial score (nSPS) is 9.87. The maximum atomic E-state index is 11.9. The maximum Gasteiger partial charge on any atom is 0.206 e. The van der Waals surface area contributed by atoms with E-state index < -0.39 is 0 Å². The van der Waals surface area contributed by atoms with Gasteiger partial charge in [0.25, 0.3) is 0 Å². The molecule has 0 aliphatic carbocycles. The van der Waals surface area contributed by atoms with E-state index >= 15 is 0 Å². The summed E-state index contributed by atoms with van der Waals surface area (Å²) in [5, 5.41) is 3.56. The summed E-state index contributed by atoms with van der Waals surface area (Å²) >= 11 is 0.935. The molecule has 2 rings (SSSR count). The van der Waals surface area contributed by atoms with Gasteiger partial charge in [-0.25, -0.2) is 0 Å². The SMILES string of the molecule is O=Cc1nnsc1C(=O)c1ccccc1. The number of carbonyl (C=O) groups excluding carboxylic acids is 2. The van der Waals surface area contributed by atoms with Gasteiger partial charge in [-0.05, 0) is 11.5 Å². The third-order valence-corrected chi connectivity index (χ3v) is 2.61. The zero-order chi connectivity index (χ0) is 10.7. The number of rotatable bonds is 3. The van der Waals surface area contributed by atoms with Crippen LogP contribution < -0.4 is 0 Å². The van der Waals surface area contributed by atoms with Crippen molar-refractivity contribution >= 4 is 23.6 Å². The van der Waals surface area contributed by atoms with Crippen LogP contribution in [0.1, 0.15) is 25.7 Å². The lowest BCUT2D eigenvalue weighted by Crippen LogP contribution is -2.01. The zero-order valence-corrected chi connectivity index (χ0v) is 8.40. The highest BCUT2D eigenvalue weighted by Gasteiger charge is 2.16. The summed E-state index contributed by atoms with van der Waals surface area (Å²) in [6.45, 7) is 0. The van der Waals surface area contributed by atoms with Crippen LogP contribution in [-0.2, 0) is 0 Å². The molecular weight excluding hydrogens is 212 g/mol. The molecule has 74 valence electrons. The van der Waals surface area contributed by atoms with E-state index in [1.165, 1.54) is 0 Å². The minimum absolute atomic E-state index is 0.105.